The van der Waals surface area contributed by atoms with Crippen LogP contribution in [0.2, 0.25) is 0 Å². The molecule has 0 radical (unpaired) electrons. The first-order chi connectivity index (χ1) is 6.27. The highest BCUT2D eigenvalue weighted by molar-refractivity contribution is 4.81. The number of aliphatic hydroxyl groups is 1. The Kier molecular flexibility index (Phi) is 3.27. The number of hydrogen-bond acceptors (Lipinski definition) is 4. The number of nitrogens with zero attached hydrogens (tertiary/aromatic N) is 3. The van der Waals surface area contributed by atoms with E-state index in [1.54, 1.807) is 11.1 Å². The van der Waals surface area contributed by atoms with Gasteiger partial charge < -0.3 is 9.63 Å². The van der Waals surface area contributed by atoms with Crippen molar-refractivity contribution < 1.29 is 14.4 Å². The normalized spacial score (nSPS) is 9.92. The van der Waals surface area contributed by atoms with Crippen LogP contribution < -0.4 is 20.6 Å². The maximum atomic E-state index is 8.74. The van der Waals surface area contributed by atoms with Gasteiger partial charge in [-0.2, -0.15) is 0 Å². The third kappa shape index (κ3) is 2.45. The second-order valence-electron chi connectivity index (χ2n) is 2.41. The first kappa shape index (κ1) is 9.53. The van der Waals surface area contributed by atoms with E-state index in [1.165, 1.54) is 11.0 Å². The highest BCUT2D eigenvalue weighted by Crippen LogP contribution is 1.76. The van der Waals surface area contributed by atoms with Crippen LogP contribution in [0.4, 0.5) is 0 Å². The number of aromatic nitrogens is 2. The largest absolute Gasteiger partial charge is 0.396 e. The van der Waals surface area contributed by atoms with Gasteiger partial charge in [0, 0.05) is 19.7 Å². The minimum Gasteiger partial charge on any atom is -0.396 e. The molecule has 6 nitrogen and oxygen atoms in total. The van der Waals surface area contributed by atoms with Crippen molar-refractivity contribution in [3.05, 3.63) is 24.4 Å². The highest BCUT2D eigenvalue weighted by Gasteiger charge is 2.05. The topological polar surface area (TPSA) is 78.4 Å². The first-order valence-electron chi connectivity index (χ1n) is 3.85. The zero-order valence-electron chi connectivity index (χ0n) is 7.18. The van der Waals surface area contributed by atoms with Crippen molar-refractivity contribution in [1.82, 2.24) is 5.27 Å². The zero-order valence-corrected chi connectivity index (χ0v) is 7.18. The molecule has 0 amide bonds. The van der Waals surface area contributed by atoms with Crippen molar-refractivity contribution in [3.63, 3.8) is 0 Å². The van der Waals surface area contributed by atoms with Gasteiger partial charge in [-0.05, 0) is 5.27 Å². The van der Waals surface area contributed by atoms with E-state index in [1.807, 2.05) is 0 Å². The number of rotatable bonds is 5. The fourth-order valence-corrected chi connectivity index (χ4v) is 0.913. The molecular formula is C7H12N4O2. The third-order valence-corrected chi connectivity index (χ3v) is 1.44. The van der Waals surface area contributed by atoms with Crippen LogP contribution in [0.25, 0.3) is 0 Å². The number of hydrogen-bond donors (Lipinski definition) is 2. The molecule has 0 aliphatic heterocycles. The molecular weight excluding hydrogens is 172 g/mol. The quantitative estimate of drug-likeness (QED) is 0.414. The molecule has 0 atom stereocenters. The van der Waals surface area contributed by atoms with E-state index in [0.29, 0.717) is 13.1 Å². The Morgan fingerprint density at radius 3 is 3.08 bits per heavy atom. The minimum atomic E-state index is -0.0213. The molecule has 13 heavy (non-hydrogen) atoms. The predicted molar refractivity (Wildman–Crippen MR) is 43.3 cm³/mol. The second kappa shape index (κ2) is 4.46. The SMILES string of the molecule is C=CCN(CCO)[n+]1cc(=N)o[n-]1. The van der Waals surface area contributed by atoms with Crippen LogP contribution in [-0.4, -0.2) is 24.8 Å². The van der Waals surface area contributed by atoms with Crippen LogP contribution in [0.1, 0.15) is 0 Å². The molecule has 0 aliphatic carbocycles. The Morgan fingerprint density at radius 1 is 1.85 bits per heavy atom. The van der Waals surface area contributed by atoms with Crippen LogP contribution in [0.3, 0.4) is 0 Å². The molecule has 0 unspecified atom stereocenters. The van der Waals surface area contributed by atoms with E-state index in [0.717, 1.165) is 0 Å². The average Bonchev–Trinajstić information content (AvgIpc) is 2.51. The van der Waals surface area contributed by atoms with Crippen LogP contribution in [0.15, 0.2) is 23.4 Å². The second-order valence-corrected chi connectivity index (χ2v) is 2.41. The average molecular weight is 184 g/mol. The van der Waals surface area contributed by atoms with Gasteiger partial charge in [0.25, 0.3) is 11.8 Å². The molecule has 1 aromatic rings. The zero-order chi connectivity index (χ0) is 9.68. The van der Waals surface area contributed by atoms with Gasteiger partial charge in [0.15, 0.2) is 0 Å². The number of aliphatic hydroxyl groups excluding tert-OH is 1. The van der Waals surface area contributed by atoms with Crippen molar-refractivity contribution in [2.75, 3.05) is 24.7 Å². The summed E-state index contributed by atoms with van der Waals surface area (Å²) in [6.07, 6.45) is 3.10. The van der Waals surface area contributed by atoms with Gasteiger partial charge in [-0.3, -0.25) is 10.4 Å². The summed E-state index contributed by atoms with van der Waals surface area (Å²) in [7, 11) is 0. The van der Waals surface area contributed by atoms with E-state index in [2.05, 4.69) is 16.4 Å². The van der Waals surface area contributed by atoms with Gasteiger partial charge in [-0.1, -0.05) is 10.9 Å². The summed E-state index contributed by atoms with van der Waals surface area (Å²) in [5.74, 6) is 0. The summed E-state index contributed by atoms with van der Waals surface area (Å²) in [6.45, 7) is 4.55. The molecule has 0 saturated carbocycles. The van der Waals surface area contributed by atoms with Crippen molar-refractivity contribution >= 4 is 0 Å². The predicted octanol–water partition coefficient (Wildman–Crippen LogP) is -1.88. The first-order valence-corrected chi connectivity index (χ1v) is 3.85. The Labute approximate surface area is 75.1 Å². The van der Waals surface area contributed by atoms with Gasteiger partial charge in [-0.25, -0.2) is 0 Å². The summed E-state index contributed by atoms with van der Waals surface area (Å²) in [6, 6.07) is 0. The maximum absolute atomic E-state index is 8.74. The van der Waals surface area contributed by atoms with Gasteiger partial charge >= 0.3 is 0 Å². The number of nitrogens with one attached hydrogen (secondary N) is 1. The van der Waals surface area contributed by atoms with Gasteiger partial charge in [0.05, 0.1) is 0 Å². The minimum absolute atomic E-state index is 0.0149. The molecule has 72 valence electrons. The Hall–Kier alpha value is -1.56. The molecule has 0 saturated heterocycles. The highest BCUT2D eigenvalue weighted by atomic mass is 16.5. The molecule has 2 N–H and O–H groups in total. The Balaban J connectivity index is 2.74. The molecule has 0 aromatic carbocycles. The monoisotopic (exact) mass is 184 g/mol. The molecule has 1 heterocycles. The van der Waals surface area contributed by atoms with Gasteiger partial charge in [-0.15, -0.1) is 6.58 Å². The van der Waals surface area contributed by atoms with Crippen molar-refractivity contribution in [2.45, 2.75) is 0 Å². The van der Waals surface area contributed by atoms with Gasteiger partial charge in [0.1, 0.15) is 0 Å². The lowest BCUT2D eigenvalue weighted by molar-refractivity contribution is -0.763. The van der Waals surface area contributed by atoms with Crippen molar-refractivity contribution in [1.29, 1.82) is 5.41 Å². The lowest BCUT2D eigenvalue weighted by Gasteiger charge is -2.18. The van der Waals surface area contributed by atoms with Crippen LogP contribution in [0.5, 0.6) is 0 Å². The molecule has 0 fully saturated rings. The van der Waals surface area contributed by atoms with Crippen LogP contribution in [0, 0.1) is 5.41 Å². The molecule has 6 heteroatoms. The standard InChI is InChI=1S/C7H12N4O2/c1-2-3-10(4-5-12)11-6-7(8)13-9-11/h2,6,8,12H,1,3-5H2. The van der Waals surface area contributed by atoms with E-state index < -0.39 is 0 Å². The summed E-state index contributed by atoms with van der Waals surface area (Å²) in [5, 5.41) is 21.1. The van der Waals surface area contributed by atoms with Crippen molar-refractivity contribution in [2.24, 2.45) is 0 Å². The maximum Gasteiger partial charge on any atom is 0.286 e. The molecule has 1 rings (SSSR count). The summed E-state index contributed by atoms with van der Waals surface area (Å²) in [5.41, 5.74) is -0.0213. The van der Waals surface area contributed by atoms with E-state index in [9.17, 15) is 0 Å². The third-order valence-electron chi connectivity index (χ3n) is 1.44. The van der Waals surface area contributed by atoms with E-state index >= 15 is 0 Å². The summed E-state index contributed by atoms with van der Waals surface area (Å²) in [4.78, 5) is 1.38. The Bertz CT molecular complexity index is 316. The molecule has 0 bridgehead atoms. The molecule has 1 aromatic heterocycles. The molecule has 0 spiro atoms. The summed E-state index contributed by atoms with van der Waals surface area (Å²) < 4.78 is 4.56. The van der Waals surface area contributed by atoms with Crippen molar-refractivity contribution in [3.8, 4) is 0 Å². The van der Waals surface area contributed by atoms with E-state index in [4.69, 9.17) is 10.5 Å². The fourth-order valence-electron chi connectivity index (χ4n) is 0.913. The smallest absolute Gasteiger partial charge is 0.286 e. The Morgan fingerprint density at radius 2 is 2.62 bits per heavy atom. The lowest BCUT2D eigenvalue weighted by atomic mass is 10.5. The molecule has 0 aliphatic rings. The van der Waals surface area contributed by atoms with Crippen LogP contribution >= 0.6 is 0 Å². The van der Waals surface area contributed by atoms with Crippen LogP contribution in [-0.2, 0) is 0 Å². The summed E-state index contributed by atoms with van der Waals surface area (Å²) >= 11 is 0. The fraction of sp³-hybridized carbons (Fsp3) is 0.429. The van der Waals surface area contributed by atoms with Gasteiger partial charge in [0.2, 0.25) is 0 Å². The van der Waals surface area contributed by atoms with E-state index in [-0.39, 0.29) is 12.2 Å². The lowest BCUT2D eigenvalue weighted by Crippen LogP contribution is -2.61.